The lowest BCUT2D eigenvalue weighted by molar-refractivity contribution is -0.173. The van der Waals surface area contributed by atoms with Gasteiger partial charge in [-0.1, -0.05) is 35.3 Å². The zero-order chi connectivity index (χ0) is 28.6. The number of nitrogens with zero attached hydrogens (tertiary/aromatic N) is 4. The number of hydrogen-bond donors (Lipinski definition) is 2. The molecule has 0 saturated carbocycles. The molecule has 2 N–H and O–H groups in total. The normalized spacial score (nSPS) is 16.7. The molecule has 2 atom stereocenters. The molecular weight excluding hydrogens is 572 g/mol. The van der Waals surface area contributed by atoms with Crippen molar-refractivity contribution in [3.8, 4) is 11.5 Å². The summed E-state index contributed by atoms with van der Waals surface area (Å²) in [5, 5.41) is 14.9. The molecule has 1 aliphatic heterocycles. The minimum absolute atomic E-state index is 0.0617. The number of ether oxygens (including phenoxy) is 2. The van der Waals surface area contributed by atoms with Crippen molar-refractivity contribution in [2.75, 3.05) is 24.9 Å². The summed E-state index contributed by atoms with van der Waals surface area (Å²) in [6, 6.07) is 8.62. The Morgan fingerprint density at radius 3 is 2.60 bits per heavy atom. The Morgan fingerprint density at radius 1 is 1.12 bits per heavy atom. The predicted octanol–water partition coefficient (Wildman–Crippen LogP) is 6.36. The average molecular weight is 595 g/mol. The maximum atomic E-state index is 14.1. The first kappa shape index (κ1) is 27.7. The molecule has 3 heterocycles. The standard InChI is InChI=1S/C26H23Cl2F3N6O3/c1-39-21-6-4-14(7-22(21)40-2)19-9-23(26(29,30)31)37-24(34-19)10-20(35-37)25(38)33-17-11-32-36(13-17)12-15-3-5-16(27)8-18(15)28/h3-8,10-11,13,19,23,34H,9,12H2,1-2H3,(H,33,38)/t19-,23-/m0/s1. The van der Waals surface area contributed by atoms with E-state index in [1.54, 1.807) is 47.3 Å². The van der Waals surface area contributed by atoms with Crippen molar-refractivity contribution in [3.63, 3.8) is 0 Å². The molecule has 0 aliphatic carbocycles. The molecule has 1 amide bonds. The van der Waals surface area contributed by atoms with Crippen LogP contribution in [0.25, 0.3) is 0 Å². The third kappa shape index (κ3) is 5.68. The van der Waals surface area contributed by atoms with Crippen LogP contribution in [0.5, 0.6) is 11.5 Å². The van der Waals surface area contributed by atoms with Gasteiger partial charge in [-0.3, -0.25) is 9.48 Å². The lowest BCUT2D eigenvalue weighted by Crippen LogP contribution is -2.35. The Labute approximate surface area is 236 Å². The number of alkyl halides is 3. The van der Waals surface area contributed by atoms with Gasteiger partial charge in [0.1, 0.15) is 5.82 Å². The molecule has 14 heteroatoms. The fraction of sp³-hybridized carbons (Fsp3) is 0.269. The molecule has 0 radical (unpaired) electrons. The fourth-order valence-corrected chi connectivity index (χ4v) is 4.98. The Hall–Kier alpha value is -3.90. The van der Waals surface area contributed by atoms with Gasteiger partial charge in [0.2, 0.25) is 0 Å². The maximum Gasteiger partial charge on any atom is 0.410 e. The van der Waals surface area contributed by atoms with Gasteiger partial charge >= 0.3 is 6.18 Å². The van der Waals surface area contributed by atoms with Gasteiger partial charge < -0.3 is 20.1 Å². The summed E-state index contributed by atoms with van der Waals surface area (Å²) in [5.74, 6) is 0.226. The number of halogens is 5. The smallest absolute Gasteiger partial charge is 0.410 e. The lowest BCUT2D eigenvalue weighted by atomic mass is 9.96. The van der Waals surface area contributed by atoms with Crippen molar-refractivity contribution in [3.05, 3.63) is 81.7 Å². The number of anilines is 2. The van der Waals surface area contributed by atoms with E-state index in [4.69, 9.17) is 32.7 Å². The van der Waals surface area contributed by atoms with Gasteiger partial charge in [0.05, 0.1) is 38.7 Å². The summed E-state index contributed by atoms with van der Waals surface area (Å²) < 4.78 is 55.2. The van der Waals surface area contributed by atoms with Gasteiger partial charge in [0.25, 0.3) is 5.91 Å². The molecule has 0 fully saturated rings. The van der Waals surface area contributed by atoms with Crippen LogP contribution < -0.4 is 20.1 Å². The van der Waals surface area contributed by atoms with E-state index in [1.165, 1.54) is 26.5 Å². The molecule has 1 aliphatic rings. The van der Waals surface area contributed by atoms with E-state index in [0.29, 0.717) is 39.3 Å². The predicted molar refractivity (Wildman–Crippen MR) is 144 cm³/mol. The van der Waals surface area contributed by atoms with Gasteiger partial charge in [-0.05, 0) is 35.4 Å². The van der Waals surface area contributed by atoms with Crippen LogP contribution >= 0.6 is 23.2 Å². The number of carbonyl (C=O) groups is 1. The van der Waals surface area contributed by atoms with Crippen molar-refractivity contribution >= 4 is 40.6 Å². The summed E-state index contributed by atoms with van der Waals surface area (Å²) >= 11 is 12.2. The summed E-state index contributed by atoms with van der Waals surface area (Å²) in [6.07, 6.45) is -1.95. The number of rotatable bonds is 7. The first-order valence-corrected chi connectivity index (χ1v) is 12.7. The molecule has 210 valence electrons. The highest BCUT2D eigenvalue weighted by atomic mass is 35.5. The molecule has 0 saturated heterocycles. The van der Waals surface area contributed by atoms with Crippen LogP contribution in [0.15, 0.2) is 54.9 Å². The van der Waals surface area contributed by atoms with E-state index in [1.807, 2.05) is 0 Å². The first-order valence-electron chi connectivity index (χ1n) is 12.0. The third-order valence-electron chi connectivity index (χ3n) is 6.47. The third-order valence-corrected chi connectivity index (χ3v) is 7.06. The molecular formula is C26H23Cl2F3N6O3. The zero-order valence-electron chi connectivity index (χ0n) is 21.2. The van der Waals surface area contributed by atoms with Crippen LogP contribution in [0.4, 0.5) is 24.7 Å². The number of hydrogen-bond acceptors (Lipinski definition) is 6. The second kappa shape index (κ2) is 10.9. The molecule has 2 aromatic carbocycles. The minimum atomic E-state index is -4.60. The second-order valence-electron chi connectivity index (χ2n) is 9.08. The SMILES string of the molecule is COc1ccc([C@@H]2C[C@@H](C(F)(F)F)n3nc(C(=O)Nc4cnn(Cc5ccc(Cl)cc5Cl)c4)cc3N2)cc1OC. The molecule has 0 unspecified atom stereocenters. The van der Waals surface area contributed by atoms with Crippen molar-refractivity contribution in [1.29, 1.82) is 0 Å². The quantitative estimate of drug-likeness (QED) is 0.258. The van der Waals surface area contributed by atoms with Crippen LogP contribution in [0.3, 0.4) is 0 Å². The van der Waals surface area contributed by atoms with Crippen molar-refractivity contribution in [2.24, 2.45) is 0 Å². The lowest BCUT2D eigenvalue weighted by Gasteiger charge is -2.33. The van der Waals surface area contributed by atoms with Gasteiger partial charge in [0, 0.05) is 28.7 Å². The monoisotopic (exact) mass is 594 g/mol. The van der Waals surface area contributed by atoms with Crippen molar-refractivity contribution in [1.82, 2.24) is 19.6 Å². The summed E-state index contributed by atoms with van der Waals surface area (Å²) in [4.78, 5) is 13.0. The van der Waals surface area contributed by atoms with Crippen LogP contribution in [0, 0.1) is 0 Å². The van der Waals surface area contributed by atoms with E-state index in [-0.39, 0.29) is 17.9 Å². The highest BCUT2D eigenvalue weighted by Crippen LogP contribution is 2.44. The van der Waals surface area contributed by atoms with Gasteiger partial charge in [-0.15, -0.1) is 0 Å². The van der Waals surface area contributed by atoms with Gasteiger partial charge in [-0.2, -0.15) is 23.4 Å². The summed E-state index contributed by atoms with van der Waals surface area (Å²) in [6.45, 7) is 0.319. The van der Waals surface area contributed by atoms with E-state index in [9.17, 15) is 18.0 Å². The summed E-state index contributed by atoms with van der Waals surface area (Å²) in [5.41, 5.74) is 1.49. The number of benzene rings is 2. The van der Waals surface area contributed by atoms with E-state index < -0.39 is 24.2 Å². The minimum Gasteiger partial charge on any atom is -0.493 e. The Morgan fingerprint density at radius 2 is 1.90 bits per heavy atom. The Kier molecular flexibility index (Phi) is 7.56. The highest BCUT2D eigenvalue weighted by Gasteiger charge is 2.47. The highest BCUT2D eigenvalue weighted by molar-refractivity contribution is 6.35. The number of methoxy groups -OCH3 is 2. The molecule has 0 spiro atoms. The number of nitrogens with one attached hydrogen (secondary N) is 2. The van der Waals surface area contributed by atoms with Gasteiger partial charge in [-0.25, -0.2) is 4.68 Å². The molecule has 5 rings (SSSR count). The van der Waals surface area contributed by atoms with Crippen LogP contribution in [0.1, 0.15) is 40.1 Å². The van der Waals surface area contributed by atoms with Crippen LogP contribution in [-0.2, 0) is 6.54 Å². The zero-order valence-corrected chi connectivity index (χ0v) is 22.7. The molecule has 2 aromatic heterocycles. The number of fused-ring (bicyclic) bond motifs is 1. The number of carbonyl (C=O) groups excluding carboxylic acids is 1. The summed E-state index contributed by atoms with van der Waals surface area (Å²) in [7, 11) is 2.92. The van der Waals surface area contributed by atoms with Crippen molar-refractivity contribution < 1.29 is 27.4 Å². The molecule has 40 heavy (non-hydrogen) atoms. The molecule has 9 nitrogen and oxygen atoms in total. The molecule has 4 aromatic rings. The second-order valence-corrected chi connectivity index (χ2v) is 9.92. The first-order chi connectivity index (χ1) is 19.0. The van der Waals surface area contributed by atoms with Gasteiger partial charge in [0.15, 0.2) is 23.2 Å². The van der Waals surface area contributed by atoms with E-state index in [2.05, 4.69) is 20.8 Å². The maximum absolute atomic E-state index is 14.1. The Bertz CT molecular complexity index is 1550. The topological polar surface area (TPSA) is 95.2 Å². The fourth-order valence-electron chi connectivity index (χ4n) is 4.51. The number of amides is 1. The van der Waals surface area contributed by atoms with Crippen molar-refractivity contribution in [2.45, 2.75) is 31.2 Å². The van der Waals surface area contributed by atoms with E-state index >= 15 is 0 Å². The van der Waals surface area contributed by atoms with E-state index in [0.717, 1.165) is 10.2 Å². The van der Waals surface area contributed by atoms with Crippen LogP contribution in [0.2, 0.25) is 10.0 Å². The molecule has 0 bridgehead atoms. The van der Waals surface area contributed by atoms with Crippen LogP contribution in [-0.4, -0.2) is 45.9 Å². The largest absolute Gasteiger partial charge is 0.493 e. The number of aromatic nitrogens is 4. The Balaban J connectivity index is 1.35. The average Bonchev–Trinajstić information content (AvgIpc) is 3.55.